The number of hydrogen-bond donors (Lipinski definition) is 1. The Hall–Kier alpha value is -1.81. The molecule has 0 aliphatic rings. The molecule has 0 aromatic heterocycles. The molecule has 1 N–H and O–H groups in total. The van der Waals surface area contributed by atoms with Crippen molar-refractivity contribution in [3.05, 3.63) is 35.9 Å². The fraction of sp³-hybridized carbons (Fsp3) is 0.500. The molecule has 4 heteroatoms. The summed E-state index contributed by atoms with van der Waals surface area (Å²) in [5.74, 6) is 0.807. The molecular formula is C18H28N2O2. The molecule has 0 spiro atoms. The molecule has 1 aromatic rings. The maximum atomic E-state index is 11.7. The number of rotatable bonds is 10. The van der Waals surface area contributed by atoms with Gasteiger partial charge in [-0.2, -0.15) is 0 Å². The Morgan fingerprint density at radius 1 is 1.18 bits per heavy atom. The molecule has 1 aromatic carbocycles. The van der Waals surface area contributed by atoms with Crippen LogP contribution in [0.4, 0.5) is 0 Å². The van der Waals surface area contributed by atoms with Gasteiger partial charge in [0.15, 0.2) is 0 Å². The van der Waals surface area contributed by atoms with Crippen LogP contribution in [0.2, 0.25) is 0 Å². The van der Waals surface area contributed by atoms with Gasteiger partial charge in [-0.05, 0) is 43.3 Å². The second-order valence-corrected chi connectivity index (χ2v) is 5.07. The second-order valence-electron chi connectivity index (χ2n) is 5.07. The fourth-order valence-electron chi connectivity index (χ4n) is 2.00. The van der Waals surface area contributed by atoms with Crippen molar-refractivity contribution in [1.29, 1.82) is 0 Å². The number of amides is 1. The van der Waals surface area contributed by atoms with Gasteiger partial charge in [-0.15, -0.1) is 0 Å². The molecule has 0 aliphatic carbocycles. The van der Waals surface area contributed by atoms with E-state index in [1.54, 1.807) is 6.08 Å². The SMILES string of the molecule is CCCOc1ccc(/C=C/C(=O)NCCN(CC)CC)cc1. The van der Waals surface area contributed by atoms with Crippen LogP contribution in [0, 0.1) is 0 Å². The third-order valence-electron chi connectivity index (χ3n) is 3.40. The van der Waals surface area contributed by atoms with E-state index in [0.717, 1.165) is 44.0 Å². The van der Waals surface area contributed by atoms with Crippen molar-refractivity contribution in [1.82, 2.24) is 10.2 Å². The highest BCUT2D eigenvalue weighted by Gasteiger charge is 2.00. The first-order chi connectivity index (χ1) is 10.7. The molecule has 0 unspecified atom stereocenters. The van der Waals surface area contributed by atoms with E-state index in [-0.39, 0.29) is 5.91 Å². The Morgan fingerprint density at radius 2 is 1.86 bits per heavy atom. The lowest BCUT2D eigenvalue weighted by Gasteiger charge is -2.17. The van der Waals surface area contributed by atoms with Gasteiger partial charge in [-0.3, -0.25) is 4.79 Å². The van der Waals surface area contributed by atoms with E-state index in [1.807, 2.05) is 30.3 Å². The first kappa shape index (κ1) is 18.2. The van der Waals surface area contributed by atoms with Gasteiger partial charge in [-0.1, -0.05) is 32.9 Å². The third-order valence-corrected chi connectivity index (χ3v) is 3.40. The van der Waals surface area contributed by atoms with Crippen LogP contribution in [0.3, 0.4) is 0 Å². The van der Waals surface area contributed by atoms with Crippen LogP contribution >= 0.6 is 0 Å². The number of carbonyl (C=O) groups is 1. The molecule has 0 radical (unpaired) electrons. The molecule has 0 heterocycles. The van der Waals surface area contributed by atoms with Crippen molar-refractivity contribution in [2.75, 3.05) is 32.8 Å². The highest BCUT2D eigenvalue weighted by Crippen LogP contribution is 2.13. The number of likely N-dealkylation sites (N-methyl/N-ethyl adjacent to an activating group) is 1. The molecule has 0 fully saturated rings. The molecule has 1 rings (SSSR count). The standard InChI is InChI=1S/C18H28N2O2/c1-4-15-22-17-10-7-16(8-11-17)9-12-18(21)19-13-14-20(5-2)6-3/h7-12H,4-6,13-15H2,1-3H3,(H,19,21)/b12-9+. The summed E-state index contributed by atoms with van der Waals surface area (Å²) in [6, 6.07) is 7.75. The molecule has 0 saturated carbocycles. The molecule has 0 atom stereocenters. The maximum absolute atomic E-state index is 11.7. The highest BCUT2D eigenvalue weighted by molar-refractivity contribution is 5.91. The van der Waals surface area contributed by atoms with Crippen molar-refractivity contribution in [3.63, 3.8) is 0 Å². The predicted molar refractivity (Wildman–Crippen MR) is 92.1 cm³/mol. The van der Waals surface area contributed by atoms with Gasteiger partial charge in [-0.25, -0.2) is 0 Å². The highest BCUT2D eigenvalue weighted by atomic mass is 16.5. The third kappa shape index (κ3) is 7.27. The van der Waals surface area contributed by atoms with Crippen LogP contribution in [0.25, 0.3) is 6.08 Å². The van der Waals surface area contributed by atoms with Crippen molar-refractivity contribution in [2.45, 2.75) is 27.2 Å². The van der Waals surface area contributed by atoms with Gasteiger partial charge in [0, 0.05) is 19.2 Å². The number of benzene rings is 1. The van der Waals surface area contributed by atoms with Crippen LogP contribution in [-0.2, 0) is 4.79 Å². The molecule has 1 amide bonds. The van der Waals surface area contributed by atoms with Crippen LogP contribution in [0.1, 0.15) is 32.8 Å². The second kappa shape index (κ2) is 10.9. The molecule has 0 aliphatic heterocycles. The zero-order valence-electron chi connectivity index (χ0n) is 14.0. The van der Waals surface area contributed by atoms with Gasteiger partial charge in [0.1, 0.15) is 5.75 Å². The summed E-state index contributed by atoms with van der Waals surface area (Å²) in [5, 5.41) is 2.90. The van der Waals surface area contributed by atoms with E-state index >= 15 is 0 Å². The summed E-state index contributed by atoms with van der Waals surface area (Å²) in [4.78, 5) is 14.0. The average molecular weight is 304 g/mol. The molecule has 4 nitrogen and oxygen atoms in total. The maximum Gasteiger partial charge on any atom is 0.244 e. The van der Waals surface area contributed by atoms with E-state index in [0.29, 0.717) is 6.54 Å². The number of carbonyl (C=O) groups excluding carboxylic acids is 1. The molecule has 0 bridgehead atoms. The van der Waals surface area contributed by atoms with Gasteiger partial charge in [0.25, 0.3) is 0 Å². The van der Waals surface area contributed by atoms with Crippen LogP contribution < -0.4 is 10.1 Å². The van der Waals surface area contributed by atoms with Crippen molar-refractivity contribution < 1.29 is 9.53 Å². The number of hydrogen-bond acceptors (Lipinski definition) is 3. The lowest BCUT2D eigenvalue weighted by molar-refractivity contribution is -0.116. The summed E-state index contributed by atoms with van der Waals surface area (Å²) < 4.78 is 5.52. The Labute approximate surface area is 134 Å². The lowest BCUT2D eigenvalue weighted by atomic mass is 10.2. The molecule has 122 valence electrons. The first-order valence-corrected chi connectivity index (χ1v) is 8.10. The molecule has 0 saturated heterocycles. The molecule has 22 heavy (non-hydrogen) atoms. The summed E-state index contributed by atoms with van der Waals surface area (Å²) in [6.45, 7) is 10.6. The Bertz CT molecular complexity index is 451. The smallest absolute Gasteiger partial charge is 0.244 e. The topological polar surface area (TPSA) is 41.6 Å². The summed E-state index contributed by atoms with van der Waals surface area (Å²) in [7, 11) is 0. The monoisotopic (exact) mass is 304 g/mol. The van der Waals surface area contributed by atoms with E-state index in [1.165, 1.54) is 0 Å². The number of ether oxygens (including phenoxy) is 1. The summed E-state index contributed by atoms with van der Waals surface area (Å²) in [5.41, 5.74) is 0.989. The van der Waals surface area contributed by atoms with Crippen LogP contribution in [-0.4, -0.2) is 43.6 Å². The Balaban J connectivity index is 2.35. The van der Waals surface area contributed by atoms with Gasteiger partial charge < -0.3 is 15.0 Å². The van der Waals surface area contributed by atoms with Crippen molar-refractivity contribution in [2.24, 2.45) is 0 Å². The van der Waals surface area contributed by atoms with Gasteiger partial charge >= 0.3 is 0 Å². The van der Waals surface area contributed by atoms with Gasteiger partial charge in [0.2, 0.25) is 5.91 Å². The first-order valence-electron chi connectivity index (χ1n) is 8.10. The minimum Gasteiger partial charge on any atom is -0.494 e. The van der Waals surface area contributed by atoms with Crippen LogP contribution in [0.5, 0.6) is 5.75 Å². The zero-order chi connectivity index (χ0) is 16.2. The Morgan fingerprint density at radius 3 is 2.45 bits per heavy atom. The minimum absolute atomic E-state index is 0.0570. The van der Waals surface area contributed by atoms with Gasteiger partial charge in [0.05, 0.1) is 6.61 Å². The Kier molecular flexibility index (Phi) is 9.00. The number of nitrogens with one attached hydrogen (secondary N) is 1. The average Bonchev–Trinajstić information content (AvgIpc) is 2.56. The molecular weight excluding hydrogens is 276 g/mol. The number of nitrogens with zero attached hydrogens (tertiary/aromatic N) is 1. The summed E-state index contributed by atoms with van der Waals surface area (Å²) in [6.07, 6.45) is 4.38. The van der Waals surface area contributed by atoms with Crippen LogP contribution in [0.15, 0.2) is 30.3 Å². The largest absolute Gasteiger partial charge is 0.494 e. The lowest BCUT2D eigenvalue weighted by Crippen LogP contribution is -2.34. The van der Waals surface area contributed by atoms with E-state index < -0.39 is 0 Å². The predicted octanol–water partition coefficient (Wildman–Crippen LogP) is 2.95. The quantitative estimate of drug-likeness (QED) is 0.676. The normalized spacial score (nSPS) is 11.1. The fourth-order valence-corrected chi connectivity index (χ4v) is 2.00. The van der Waals surface area contributed by atoms with Crippen molar-refractivity contribution >= 4 is 12.0 Å². The summed E-state index contributed by atoms with van der Waals surface area (Å²) >= 11 is 0. The van der Waals surface area contributed by atoms with Crippen molar-refractivity contribution in [3.8, 4) is 5.75 Å². The van der Waals surface area contributed by atoms with E-state index in [4.69, 9.17) is 4.74 Å². The minimum atomic E-state index is -0.0570. The van der Waals surface area contributed by atoms with E-state index in [2.05, 4.69) is 31.0 Å². The zero-order valence-corrected chi connectivity index (χ0v) is 14.0. The van der Waals surface area contributed by atoms with E-state index in [9.17, 15) is 4.79 Å².